The van der Waals surface area contributed by atoms with Gasteiger partial charge in [0.05, 0.1) is 18.1 Å². The van der Waals surface area contributed by atoms with E-state index in [9.17, 15) is 9.90 Å². The Balaban J connectivity index is 1.29. The highest BCUT2D eigenvalue weighted by Gasteiger charge is 2.80. The van der Waals surface area contributed by atoms with E-state index in [-0.39, 0.29) is 22.7 Å². The standard InChI is InChI=1S/C30H47NO4/c1-18(2)20-9-12-27(4)19-8-14-29-11-6-7-22(29)30(27,24(20)31(29)16-19)15-21(32)25(33)26(3)17-34-28(5)13-10-23(26)35-28/h18-24,32H,6-17H2,1-5H3. The summed E-state index contributed by atoms with van der Waals surface area (Å²) < 4.78 is 12.3. The van der Waals surface area contributed by atoms with Crippen LogP contribution in [0.15, 0.2) is 0 Å². The average molecular weight is 486 g/mol. The largest absolute Gasteiger partial charge is 0.385 e. The molecule has 0 aromatic rings. The summed E-state index contributed by atoms with van der Waals surface area (Å²) in [5, 5.41) is 11.9. The van der Waals surface area contributed by atoms with Crippen LogP contribution in [0.1, 0.15) is 98.8 Å². The van der Waals surface area contributed by atoms with Gasteiger partial charge in [-0.05, 0) is 99.7 Å². The minimum Gasteiger partial charge on any atom is -0.385 e. The number of ether oxygens (including phenoxy) is 2. The molecule has 2 saturated carbocycles. The van der Waals surface area contributed by atoms with E-state index in [0.717, 1.165) is 12.8 Å². The predicted octanol–water partition coefficient (Wildman–Crippen LogP) is 4.94. The summed E-state index contributed by atoms with van der Waals surface area (Å²) in [6.07, 6.45) is 10.4. The van der Waals surface area contributed by atoms with Gasteiger partial charge in [-0.25, -0.2) is 0 Å². The Morgan fingerprint density at radius 1 is 1.06 bits per heavy atom. The lowest BCUT2D eigenvalue weighted by molar-refractivity contribution is -0.284. The minimum atomic E-state index is -0.931. The summed E-state index contributed by atoms with van der Waals surface area (Å²) in [5.41, 5.74) is -0.158. The van der Waals surface area contributed by atoms with Crippen molar-refractivity contribution in [2.75, 3.05) is 13.2 Å². The van der Waals surface area contributed by atoms with Gasteiger partial charge < -0.3 is 14.6 Å². The number of aliphatic hydroxyl groups is 1. The van der Waals surface area contributed by atoms with Crippen LogP contribution in [-0.4, -0.2) is 58.5 Å². The molecule has 0 amide bonds. The molecule has 1 spiro atoms. The monoisotopic (exact) mass is 485 g/mol. The van der Waals surface area contributed by atoms with Gasteiger partial charge in [0.25, 0.3) is 0 Å². The van der Waals surface area contributed by atoms with Crippen LogP contribution in [0.3, 0.4) is 0 Å². The molecule has 35 heavy (non-hydrogen) atoms. The van der Waals surface area contributed by atoms with Crippen molar-refractivity contribution in [2.45, 2.75) is 128 Å². The molecule has 7 fully saturated rings. The lowest BCUT2D eigenvalue weighted by Crippen LogP contribution is -2.69. The van der Waals surface area contributed by atoms with E-state index in [1.807, 2.05) is 13.8 Å². The Labute approximate surface area is 211 Å². The normalized spacial score (nSPS) is 58.6. The molecule has 5 heterocycles. The first-order valence-electron chi connectivity index (χ1n) is 14.8. The van der Waals surface area contributed by atoms with Crippen molar-refractivity contribution in [3.63, 3.8) is 0 Å². The van der Waals surface area contributed by atoms with Gasteiger partial charge in [-0.2, -0.15) is 0 Å². The molecular weight excluding hydrogens is 438 g/mol. The number of hydrogen-bond acceptors (Lipinski definition) is 5. The molecule has 2 aliphatic carbocycles. The number of hydrogen-bond donors (Lipinski definition) is 1. The van der Waals surface area contributed by atoms with Gasteiger partial charge in [0.1, 0.15) is 6.10 Å². The van der Waals surface area contributed by atoms with Gasteiger partial charge >= 0.3 is 0 Å². The number of carbonyl (C=O) groups excluding carboxylic acids is 1. The summed E-state index contributed by atoms with van der Waals surface area (Å²) in [7, 11) is 0. The summed E-state index contributed by atoms with van der Waals surface area (Å²) in [5.74, 6) is 2.07. The average Bonchev–Trinajstić information content (AvgIpc) is 3.43. The van der Waals surface area contributed by atoms with E-state index in [0.29, 0.717) is 48.3 Å². The smallest absolute Gasteiger partial charge is 0.172 e. The number of Topliss-reactive ketones (excluding diaryl/α,β-unsaturated/α-hetero) is 1. The SMILES string of the molecule is CC(C)C1CCC2(C)C3CCC45CCCC4C2(CC(O)C(=O)C2(C)COC4(C)CCC2O4)C1N5C3. The highest BCUT2D eigenvalue weighted by Crippen LogP contribution is 2.79. The summed E-state index contributed by atoms with van der Waals surface area (Å²) in [6.45, 7) is 13.0. The molecule has 0 aromatic heterocycles. The Morgan fingerprint density at radius 2 is 1.86 bits per heavy atom. The molecule has 7 aliphatic rings. The van der Waals surface area contributed by atoms with Crippen molar-refractivity contribution in [2.24, 2.45) is 39.9 Å². The number of fused-ring (bicyclic) bond motifs is 4. The fourth-order valence-corrected chi connectivity index (χ4v) is 11.7. The molecule has 1 N–H and O–H groups in total. The van der Waals surface area contributed by atoms with Crippen LogP contribution in [0.5, 0.6) is 0 Å². The molecule has 7 rings (SSSR count). The van der Waals surface area contributed by atoms with E-state index in [1.165, 1.54) is 51.5 Å². The number of aliphatic hydroxyl groups excluding tert-OH is 1. The second-order valence-corrected chi connectivity index (χ2v) is 14.9. The molecular formula is C30H47NO4. The molecule has 7 bridgehead atoms. The number of ketones is 1. The third-order valence-corrected chi connectivity index (χ3v) is 13.4. The van der Waals surface area contributed by atoms with E-state index < -0.39 is 17.3 Å². The maximum Gasteiger partial charge on any atom is 0.172 e. The van der Waals surface area contributed by atoms with Crippen molar-refractivity contribution < 1.29 is 19.4 Å². The molecule has 5 nitrogen and oxygen atoms in total. The molecule has 12 unspecified atom stereocenters. The summed E-state index contributed by atoms with van der Waals surface area (Å²) >= 11 is 0. The predicted molar refractivity (Wildman–Crippen MR) is 134 cm³/mol. The lowest BCUT2D eigenvalue weighted by atomic mass is 9.42. The molecule has 5 saturated heterocycles. The zero-order valence-electron chi connectivity index (χ0n) is 22.6. The highest BCUT2D eigenvalue weighted by atomic mass is 16.7. The van der Waals surface area contributed by atoms with E-state index in [4.69, 9.17) is 9.47 Å². The number of rotatable bonds is 5. The first-order chi connectivity index (χ1) is 16.5. The van der Waals surface area contributed by atoms with Gasteiger partial charge in [0.15, 0.2) is 11.6 Å². The number of piperidine rings is 2. The fourth-order valence-electron chi connectivity index (χ4n) is 11.7. The molecule has 0 aromatic carbocycles. The van der Waals surface area contributed by atoms with Crippen LogP contribution >= 0.6 is 0 Å². The quantitative estimate of drug-likeness (QED) is 0.598. The van der Waals surface area contributed by atoms with Crippen LogP contribution in [0.25, 0.3) is 0 Å². The second kappa shape index (κ2) is 7.12. The highest BCUT2D eigenvalue weighted by molar-refractivity contribution is 5.89. The minimum absolute atomic E-state index is 0.0213. The zero-order valence-corrected chi connectivity index (χ0v) is 22.6. The Morgan fingerprint density at radius 3 is 2.63 bits per heavy atom. The second-order valence-electron chi connectivity index (χ2n) is 14.9. The summed E-state index contributed by atoms with van der Waals surface area (Å²) in [4.78, 5) is 17.1. The van der Waals surface area contributed by atoms with Crippen LogP contribution in [0, 0.1) is 39.9 Å². The lowest BCUT2D eigenvalue weighted by Gasteiger charge is -2.67. The van der Waals surface area contributed by atoms with E-state index in [2.05, 4.69) is 25.7 Å². The van der Waals surface area contributed by atoms with Gasteiger partial charge in [-0.1, -0.05) is 27.2 Å². The molecule has 5 heteroatoms. The van der Waals surface area contributed by atoms with Gasteiger partial charge in [-0.3, -0.25) is 9.69 Å². The van der Waals surface area contributed by atoms with Crippen molar-refractivity contribution in [3.05, 3.63) is 0 Å². The Hall–Kier alpha value is -0.490. The third-order valence-electron chi connectivity index (χ3n) is 13.4. The van der Waals surface area contributed by atoms with Crippen LogP contribution in [-0.2, 0) is 14.3 Å². The molecule has 12 atom stereocenters. The third kappa shape index (κ3) is 2.63. The van der Waals surface area contributed by atoms with Crippen molar-refractivity contribution in [1.29, 1.82) is 0 Å². The first-order valence-corrected chi connectivity index (χ1v) is 14.8. The maximum atomic E-state index is 14.1. The number of nitrogens with zero attached hydrogens (tertiary/aromatic N) is 1. The van der Waals surface area contributed by atoms with Crippen LogP contribution < -0.4 is 0 Å². The maximum absolute atomic E-state index is 14.1. The van der Waals surface area contributed by atoms with Crippen molar-refractivity contribution >= 4 is 5.78 Å². The first kappa shape index (κ1) is 23.6. The van der Waals surface area contributed by atoms with Gasteiger partial charge in [0.2, 0.25) is 0 Å². The Bertz CT molecular complexity index is 937. The van der Waals surface area contributed by atoms with Gasteiger partial charge in [-0.15, -0.1) is 0 Å². The zero-order chi connectivity index (χ0) is 24.6. The molecule has 0 radical (unpaired) electrons. The van der Waals surface area contributed by atoms with E-state index >= 15 is 0 Å². The van der Waals surface area contributed by atoms with Crippen LogP contribution in [0.2, 0.25) is 0 Å². The molecule has 5 aliphatic heterocycles. The van der Waals surface area contributed by atoms with Gasteiger partial charge in [0, 0.05) is 24.5 Å². The van der Waals surface area contributed by atoms with E-state index in [1.54, 1.807) is 0 Å². The molecule has 196 valence electrons. The topological polar surface area (TPSA) is 59.0 Å². The van der Waals surface area contributed by atoms with Crippen LogP contribution in [0.4, 0.5) is 0 Å². The fraction of sp³-hybridized carbons (Fsp3) is 0.967. The number of carbonyl (C=O) groups is 1. The van der Waals surface area contributed by atoms with Crippen molar-refractivity contribution in [3.8, 4) is 0 Å². The Kier molecular flexibility index (Phi) is 4.81. The summed E-state index contributed by atoms with van der Waals surface area (Å²) in [6, 6.07) is 0.520. The van der Waals surface area contributed by atoms with Crippen molar-refractivity contribution in [1.82, 2.24) is 4.90 Å².